The summed E-state index contributed by atoms with van der Waals surface area (Å²) in [6.07, 6.45) is 5.95. The molecule has 2 fully saturated rings. The van der Waals surface area contributed by atoms with Crippen LogP contribution in [0.2, 0.25) is 0 Å². The van der Waals surface area contributed by atoms with Crippen LogP contribution in [0, 0.1) is 11.8 Å². The lowest BCUT2D eigenvalue weighted by Crippen LogP contribution is -2.30. The van der Waals surface area contributed by atoms with Gasteiger partial charge >= 0.3 is 5.76 Å². The second kappa shape index (κ2) is 7.01. The molecule has 0 aliphatic heterocycles. The average Bonchev–Trinajstić information content (AvgIpc) is 3.61. The van der Waals surface area contributed by atoms with Gasteiger partial charge in [0.1, 0.15) is 5.00 Å². The van der Waals surface area contributed by atoms with Gasteiger partial charge in [0.05, 0.1) is 5.56 Å². The molecule has 29 heavy (non-hydrogen) atoms. The van der Waals surface area contributed by atoms with Crippen LogP contribution in [0.3, 0.4) is 0 Å². The molecule has 3 aliphatic rings. The zero-order valence-corrected chi connectivity index (χ0v) is 16.7. The molecule has 0 radical (unpaired) electrons. The average molecular weight is 417 g/mol. The number of thiophene rings is 1. The van der Waals surface area contributed by atoms with Crippen LogP contribution in [0.1, 0.15) is 58.9 Å². The lowest BCUT2D eigenvalue weighted by Gasteiger charge is -2.23. The number of nitrogen functional groups attached to an aromatic ring is 1. The van der Waals surface area contributed by atoms with Gasteiger partial charge in [0, 0.05) is 23.4 Å². The first-order valence-corrected chi connectivity index (χ1v) is 10.9. The number of carbonyl (C=O) groups excluding carboxylic acids is 2. The first kappa shape index (κ1) is 18.4. The van der Waals surface area contributed by atoms with E-state index < -0.39 is 5.76 Å². The van der Waals surface area contributed by atoms with Gasteiger partial charge in [0.2, 0.25) is 11.9 Å². The topological polar surface area (TPSA) is 132 Å². The molecule has 0 spiro atoms. The molecule has 0 aromatic carbocycles. The maximum absolute atomic E-state index is 13.0. The number of nitrogens with zero attached hydrogens (tertiary/aromatic N) is 2. The lowest BCUT2D eigenvalue weighted by molar-refractivity contribution is -0.117. The molecule has 154 valence electrons. The van der Waals surface area contributed by atoms with Crippen LogP contribution in [0.25, 0.3) is 0 Å². The third-order valence-electron chi connectivity index (χ3n) is 5.92. The molecule has 2 saturated carbocycles. The Morgan fingerprint density at radius 3 is 2.69 bits per heavy atom. The van der Waals surface area contributed by atoms with Crippen LogP contribution in [-0.4, -0.2) is 28.1 Å². The van der Waals surface area contributed by atoms with Crippen molar-refractivity contribution >= 4 is 34.1 Å². The molecule has 5 rings (SSSR count). The van der Waals surface area contributed by atoms with E-state index >= 15 is 0 Å². The molecule has 0 saturated heterocycles. The van der Waals surface area contributed by atoms with Gasteiger partial charge in [-0.3, -0.25) is 14.1 Å². The van der Waals surface area contributed by atoms with E-state index in [9.17, 15) is 14.4 Å². The molecule has 9 nitrogen and oxygen atoms in total. The van der Waals surface area contributed by atoms with Crippen LogP contribution >= 0.6 is 11.3 Å². The normalized spacial score (nSPS) is 20.9. The Morgan fingerprint density at radius 1 is 1.24 bits per heavy atom. The smallest absolute Gasteiger partial charge is 0.366 e. The van der Waals surface area contributed by atoms with Crippen LogP contribution in [0.4, 0.5) is 10.9 Å². The Labute approximate surface area is 170 Å². The Balaban J connectivity index is 1.46. The van der Waals surface area contributed by atoms with Crippen molar-refractivity contribution in [3.05, 3.63) is 26.6 Å². The summed E-state index contributed by atoms with van der Waals surface area (Å²) in [6, 6.07) is -0.224. The van der Waals surface area contributed by atoms with Gasteiger partial charge in [0.15, 0.2) is 0 Å². The highest BCUT2D eigenvalue weighted by Crippen LogP contribution is 2.42. The minimum Gasteiger partial charge on any atom is -0.366 e. The summed E-state index contributed by atoms with van der Waals surface area (Å²) in [7, 11) is 0. The summed E-state index contributed by atoms with van der Waals surface area (Å²) in [6.45, 7) is 0.654. The Bertz CT molecular complexity index is 1030. The van der Waals surface area contributed by atoms with E-state index in [0.717, 1.165) is 36.1 Å². The highest BCUT2D eigenvalue weighted by Gasteiger charge is 2.35. The first-order chi connectivity index (χ1) is 14.0. The molecule has 1 atom stereocenters. The summed E-state index contributed by atoms with van der Waals surface area (Å²) in [4.78, 5) is 38.5. The van der Waals surface area contributed by atoms with Gasteiger partial charge in [-0.05, 0) is 61.6 Å². The highest BCUT2D eigenvalue weighted by molar-refractivity contribution is 7.17. The number of aromatic nitrogens is 2. The maximum atomic E-state index is 13.0. The number of nitrogens with one attached hydrogen (secondary N) is 2. The number of rotatable bonds is 6. The van der Waals surface area contributed by atoms with Crippen molar-refractivity contribution in [2.75, 3.05) is 17.6 Å². The summed E-state index contributed by atoms with van der Waals surface area (Å²) in [5, 5.41) is 10.2. The van der Waals surface area contributed by atoms with Crippen molar-refractivity contribution in [2.45, 2.75) is 51.0 Å². The number of carbonyl (C=O) groups is 2. The van der Waals surface area contributed by atoms with Crippen molar-refractivity contribution in [3.63, 3.8) is 0 Å². The molecule has 0 bridgehead atoms. The number of fused-ring (bicyclic) bond motifs is 1. The molecule has 10 heteroatoms. The van der Waals surface area contributed by atoms with E-state index in [4.69, 9.17) is 5.73 Å². The van der Waals surface area contributed by atoms with Crippen molar-refractivity contribution in [1.29, 1.82) is 0 Å². The molecule has 2 heterocycles. The van der Waals surface area contributed by atoms with Gasteiger partial charge in [0.25, 0.3) is 5.91 Å². The van der Waals surface area contributed by atoms with Crippen molar-refractivity contribution in [1.82, 2.24) is 15.0 Å². The number of hydrogen-bond donors (Lipinski definition) is 3. The molecule has 1 unspecified atom stereocenters. The van der Waals surface area contributed by atoms with E-state index in [1.807, 2.05) is 0 Å². The second-order valence-corrected chi connectivity index (χ2v) is 9.30. The number of hydrogen-bond acceptors (Lipinski definition) is 7. The quantitative estimate of drug-likeness (QED) is 0.655. The van der Waals surface area contributed by atoms with Gasteiger partial charge in [-0.1, -0.05) is 0 Å². The highest BCUT2D eigenvalue weighted by atomic mass is 32.1. The zero-order valence-electron chi connectivity index (χ0n) is 15.9. The fourth-order valence-electron chi connectivity index (χ4n) is 3.92. The van der Waals surface area contributed by atoms with Crippen molar-refractivity contribution in [2.24, 2.45) is 11.8 Å². The molecule has 2 aromatic heterocycles. The minimum absolute atomic E-state index is 0.0177. The van der Waals surface area contributed by atoms with Crippen LogP contribution in [-0.2, 0) is 17.6 Å². The van der Waals surface area contributed by atoms with E-state index in [1.165, 1.54) is 15.9 Å². The molecule has 4 N–H and O–H groups in total. The SMILES string of the molecule is Nc1noc(=O)n1C1CCc2sc(NC(=O)C3CC3)c(C(=O)NCC3CC3)c2C1. The zero-order chi connectivity index (χ0) is 20.1. The van der Waals surface area contributed by atoms with Gasteiger partial charge < -0.3 is 16.4 Å². The lowest BCUT2D eigenvalue weighted by atomic mass is 9.91. The Hall–Kier alpha value is -2.62. The monoisotopic (exact) mass is 417 g/mol. The predicted octanol–water partition coefficient (Wildman–Crippen LogP) is 1.70. The summed E-state index contributed by atoms with van der Waals surface area (Å²) in [5.74, 6) is -0.114. The summed E-state index contributed by atoms with van der Waals surface area (Å²) in [5.41, 5.74) is 7.24. The van der Waals surface area contributed by atoms with Gasteiger partial charge in [-0.25, -0.2) is 9.36 Å². The van der Waals surface area contributed by atoms with Gasteiger partial charge in [-0.15, -0.1) is 11.3 Å². The second-order valence-electron chi connectivity index (χ2n) is 8.20. The van der Waals surface area contributed by atoms with Gasteiger partial charge in [-0.2, -0.15) is 0 Å². The number of amides is 2. The van der Waals surface area contributed by atoms with E-state index in [2.05, 4.69) is 20.3 Å². The standard InChI is InChI=1S/C19H23N5O4S/c20-18-23-28-19(27)24(18)11-5-6-13-12(7-11)14(16(26)21-8-9-1-2-9)17(29-13)22-15(25)10-3-4-10/h9-11H,1-8H2,(H2,20,23)(H,21,26)(H,22,25). The van der Waals surface area contributed by atoms with E-state index in [-0.39, 0.29) is 29.7 Å². The number of anilines is 2. The van der Waals surface area contributed by atoms with E-state index in [0.29, 0.717) is 42.3 Å². The fourth-order valence-corrected chi connectivity index (χ4v) is 5.17. The fraction of sp³-hybridized carbons (Fsp3) is 0.579. The molecule has 2 amide bonds. The minimum atomic E-state index is -0.590. The summed E-state index contributed by atoms with van der Waals surface area (Å²) >= 11 is 1.47. The van der Waals surface area contributed by atoms with Crippen LogP contribution in [0.15, 0.2) is 9.32 Å². The molecular weight excluding hydrogens is 394 g/mol. The summed E-state index contributed by atoms with van der Waals surface area (Å²) < 4.78 is 6.03. The van der Waals surface area contributed by atoms with Crippen molar-refractivity contribution < 1.29 is 14.1 Å². The van der Waals surface area contributed by atoms with E-state index in [1.54, 1.807) is 0 Å². The molecular formula is C19H23N5O4S. The predicted molar refractivity (Wildman–Crippen MR) is 107 cm³/mol. The largest absolute Gasteiger partial charge is 0.443 e. The third kappa shape index (κ3) is 3.57. The molecule has 3 aliphatic carbocycles. The molecule has 2 aromatic rings. The number of aryl methyl sites for hydroxylation is 1. The Kier molecular flexibility index (Phi) is 4.45. The Morgan fingerprint density at radius 2 is 2.03 bits per heavy atom. The van der Waals surface area contributed by atoms with Crippen LogP contribution < -0.4 is 22.1 Å². The van der Waals surface area contributed by atoms with Crippen LogP contribution in [0.5, 0.6) is 0 Å². The maximum Gasteiger partial charge on any atom is 0.443 e. The third-order valence-corrected chi connectivity index (χ3v) is 7.13. The number of nitrogens with two attached hydrogens (primary N) is 1. The first-order valence-electron chi connectivity index (χ1n) is 10.1. The van der Waals surface area contributed by atoms with Crippen molar-refractivity contribution in [3.8, 4) is 0 Å².